The normalized spacial score (nSPS) is 17.9. The number of aromatic hydroxyl groups is 1. The zero-order valence-electron chi connectivity index (χ0n) is 19.2. The fourth-order valence-electron chi connectivity index (χ4n) is 3.87. The third-order valence-electron chi connectivity index (χ3n) is 5.58. The first-order valence-electron chi connectivity index (χ1n) is 10.6. The molecule has 170 valence electrons. The second kappa shape index (κ2) is 9.44. The Labute approximate surface area is 188 Å². The number of amides is 1. The molecule has 1 amide bonds. The summed E-state index contributed by atoms with van der Waals surface area (Å²) in [5.41, 5.74) is 2.86. The van der Waals surface area contributed by atoms with E-state index < -0.39 is 17.7 Å². The number of ether oxygens (including phenoxy) is 1. The molecule has 32 heavy (non-hydrogen) atoms. The van der Waals surface area contributed by atoms with Gasteiger partial charge in [0.25, 0.3) is 11.7 Å². The first-order chi connectivity index (χ1) is 15.1. The summed E-state index contributed by atoms with van der Waals surface area (Å²) in [6, 6.07) is 9.54. The van der Waals surface area contributed by atoms with Crippen LogP contribution in [0.4, 0.5) is 0 Å². The lowest BCUT2D eigenvalue weighted by Gasteiger charge is -2.27. The Morgan fingerprint density at radius 3 is 2.50 bits per heavy atom. The molecular weight excluding hydrogens is 408 g/mol. The standard InChI is InChI=1S/C25H30N2O5/c1-6-32-20-14-17(9-10-19(20)28)22-21(23(29)18-13-15(2)7-8-16(18)3)24(30)25(31)27(22)12-11-26(4)5/h7-10,13-14,22,28-29H,6,11-12H2,1-5H3/t22-/m1/s1. The topological polar surface area (TPSA) is 90.3 Å². The highest BCUT2D eigenvalue weighted by Crippen LogP contribution is 2.42. The van der Waals surface area contributed by atoms with E-state index >= 15 is 0 Å². The quantitative estimate of drug-likeness (QED) is 0.391. The molecule has 0 aliphatic carbocycles. The summed E-state index contributed by atoms with van der Waals surface area (Å²) >= 11 is 0. The van der Waals surface area contributed by atoms with Crippen molar-refractivity contribution in [3.8, 4) is 11.5 Å². The summed E-state index contributed by atoms with van der Waals surface area (Å²) in [5.74, 6) is -1.36. The van der Waals surface area contributed by atoms with Crippen molar-refractivity contribution >= 4 is 17.4 Å². The molecule has 0 bridgehead atoms. The van der Waals surface area contributed by atoms with Crippen molar-refractivity contribution in [2.45, 2.75) is 26.8 Å². The maximum absolute atomic E-state index is 13.1. The van der Waals surface area contributed by atoms with Gasteiger partial charge in [-0.2, -0.15) is 0 Å². The van der Waals surface area contributed by atoms with Crippen LogP contribution in [-0.4, -0.2) is 65.5 Å². The molecule has 1 atom stereocenters. The van der Waals surface area contributed by atoms with Crippen molar-refractivity contribution in [2.24, 2.45) is 0 Å². The molecular formula is C25H30N2O5. The number of aliphatic hydroxyl groups is 1. The first kappa shape index (κ1) is 23.3. The van der Waals surface area contributed by atoms with Gasteiger partial charge >= 0.3 is 0 Å². The number of carbonyl (C=O) groups is 2. The number of carbonyl (C=O) groups excluding carboxylic acids is 2. The largest absolute Gasteiger partial charge is 0.507 e. The molecule has 2 aromatic rings. The molecule has 1 aliphatic rings. The summed E-state index contributed by atoms with van der Waals surface area (Å²) < 4.78 is 5.51. The molecule has 0 saturated carbocycles. The SMILES string of the molecule is CCOc1cc([C@@H]2C(=C(O)c3cc(C)ccc3C)C(=O)C(=O)N2CCN(C)C)ccc1O. The molecule has 0 radical (unpaired) electrons. The van der Waals surface area contributed by atoms with Gasteiger partial charge in [0.05, 0.1) is 18.2 Å². The summed E-state index contributed by atoms with van der Waals surface area (Å²) in [4.78, 5) is 29.5. The zero-order valence-corrected chi connectivity index (χ0v) is 19.2. The minimum atomic E-state index is -0.797. The van der Waals surface area contributed by atoms with E-state index in [1.165, 1.54) is 11.0 Å². The Hall–Kier alpha value is -3.32. The van der Waals surface area contributed by atoms with Gasteiger partial charge in [-0.25, -0.2) is 0 Å². The number of aryl methyl sites for hydroxylation is 2. The van der Waals surface area contributed by atoms with E-state index in [0.717, 1.165) is 11.1 Å². The lowest BCUT2D eigenvalue weighted by molar-refractivity contribution is -0.140. The van der Waals surface area contributed by atoms with Gasteiger partial charge in [-0.15, -0.1) is 0 Å². The van der Waals surface area contributed by atoms with Crippen LogP contribution in [0.5, 0.6) is 11.5 Å². The number of Topliss-reactive ketones (excluding diaryl/α,β-unsaturated/α-hetero) is 1. The van der Waals surface area contributed by atoms with Crippen LogP contribution in [0, 0.1) is 13.8 Å². The van der Waals surface area contributed by atoms with Crippen molar-refractivity contribution in [3.63, 3.8) is 0 Å². The van der Waals surface area contributed by atoms with E-state index in [1.807, 2.05) is 45.0 Å². The molecule has 2 N–H and O–H groups in total. The predicted octanol–water partition coefficient (Wildman–Crippen LogP) is 3.39. The molecule has 7 heteroatoms. The molecule has 1 fully saturated rings. The second-order valence-electron chi connectivity index (χ2n) is 8.27. The molecule has 2 aromatic carbocycles. The summed E-state index contributed by atoms with van der Waals surface area (Å²) in [5, 5.41) is 21.4. The Balaban J connectivity index is 2.22. The van der Waals surface area contributed by atoms with E-state index in [9.17, 15) is 19.8 Å². The lowest BCUT2D eigenvalue weighted by Crippen LogP contribution is -2.35. The molecule has 1 heterocycles. The van der Waals surface area contributed by atoms with Gasteiger partial charge in [0.15, 0.2) is 11.5 Å². The molecule has 0 aromatic heterocycles. The molecule has 0 spiro atoms. The van der Waals surface area contributed by atoms with Crippen molar-refractivity contribution in [1.82, 2.24) is 9.80 Å². The smallest absolute Gasteiger partial charge is 0.295 e. The van der Waals surface area contributed by atoms with Crippen LogP contribution in [0.15, 0.2) is 42.0 Å². The number of aliphatic hydroxyl groups excluding tert-OH is 1. The van der Waals surface area contributed by atoms with Gasteiger partial charge in [-0.3, -0.25) is 9.59 Å². The number of rotatable bonds is 7. The molecule has 1 aliphatic heterocycles. The van der Waals surface area contributed by atoms with E-state index in [-0.39, 0.29) is 22.8 Å². The number of likely N-dealkylation sites (N-methyl/N-ethyl adjacent to an activating group) is 1. The van der Waals surface area contributed by atoms with Crippen LogP contribution in [0.3, 0.4) is 0 Å². The van der Waals surface area contributed by atoms with Gasteiger partial charge in [-0.1, -0.05) is 23.8 Å². The number of hydrogen-bond donors (Lipinski definition) is 2. The fraction of sp³-hybridized carbons (Fsp3) is 0.360. The zero-order chi connectivity index (χ0) is 23.6. The maximum atomic E-state index is 13.1. The monoisotopic (exact) mass is 438 g/mol. The van der Waals surface area contributed by atoms with Crippen molar-refractivity contribution < 1.29 is 24.5 Å². The number of benzene rings is 2. The van der Waals surface area contributed by atoms with Gasteiger partial charge in [-0.05, 0) is 64.2 Å². The Morgan fingerprint density at radius 1 is 1.12 bits per heavy atom. The highest BCUT2D eigenvalue weighted by atomic mass is 16.5. The van der Waals surface area contributed by atoms with Crippen LogP contribution in [0.25, 0.3) is 5.76 Å². The average Bonchev–Trinajstić information content (AvgIpc) is 3.00. The van der Waals surface area contributed by atoms with Gasteiger partial charge in [0.2, 0.25) is 0 Å². The Kier molecular flexibility index (Phi) is 6.89. The number of ketones is 1. The number of phenolic OH excluding ortho intramolecular Hbond substituents is 1. The predicted molar refractivity (Wildman–Crippen MR) is 123 cm³/mol. The van der Waals surface area contributed by atoms with Crippen molar-refractivity contribution in [1.29, 1.82) is 0 Å². The molecule has 1 saturated heterocycles. The van der Waals surface area contributed by atoms with Gasteiger partial charge < -0.3 is 24.7 Å². The fourth-order valence-corrected chi connectivity index (χ4v) is 3.87. The lowest BCUT2D eigenvalue weighted by atomic mass is 9.93. The third kappa shape index (κ3) is 4.48. The number of hydrogen-bond acceptors (Lipinski definition) is 6. The van der Waals surface area contributed by atoms with E-state index in [1.54, 1.807) is 25.1 Å². The maximum Gasteiger partial charge on any atom is 0.295 e. The van der Waals surface area contributed by atoms with E-state index in [4.69, 9.17) is 4.74 Å². The number of likely N-dealkylation sites (tertiary alicyclic amines) is 1. The highest BCUT2D eigenvalue weighted by molar-refractivity contribution is 6.46. The van der Waals surface area contributed by atoms with Gasteiger partial charge in [0.1, 0.15) is 5.76 Å². The van der Waals surface area contributed by atoms with Crippen LogP contribution in [0.2, 0.25) is 0 Å². The Bertz CT molecular complexity index is 1070. The molecule has 0 unspecified atom stereocenters. The van der Waals surface area contributed by atoms with E-state index in [0.29, 0.717) is 30.8 Å². The first-order valence-corrected chi connectivity index (χ1v) is 10.6. The average molecular weight is 439 g/mol. The van der Waals surface area contributed by atoms with Gasteiger partial charge in [0, 0.05) is 18.7 Å². The van der Waals surface area contributed by atoms with Crippen LogP contribution < -0.4 is 4.74 Å². The second-order valence-corrected chi connectivity index (χ2v) is 8.27. The third-order valence-corrected chi connectivity index (χ3v) is 5.58. The highest BCUT2D eigenvalue weighted by Gasteiger charge is 2.46. The minimum Gasteiger partial charge on any atom is -0.507 e. The molecule has 3 rings (SSSR count). The summed E-state index contributed by atoms with van der Waals surface area (Å²) in [6.45, 7) is 6.74. The Morgan fingerprint density at radius 2 is 1.84 bits per heavy atom. The molecule has 7 nitrogen and oxygen atoms in total. The number of nitrogens with zero attached hydrogens (tertiary/aromatic N) is 2. The van der Waals surface area contributed by atoms with E-state index in [2.05, 4.69) is 0 Å². The van der Waals surface area contributed by atoms with Crippen LogP contribution >= 0.6 is 0 Å². The minimum absolute atomic E-state index is 0.0321. The van der Waals surface area contributed by atoms with Crippen LogP contribution in [0.1, 0.15) is 35.2 Å². The summed E-state index contributed by atoms with van der Waals surface area (Å²) in [6.07, 6.45) is 0. The van der Waals surface area contributed by atoms with Crippen molar-refractivity contribution in [2.75, 3.05) is 33.8 Å². The summed E-state index contributed by atoms with van der Waals surface area (Å²) in [7, 11) is 3.77. The van der Waals surface area contributed by atoms with Crippen LogP contribution in [-0.2, 0) is 9.59 Å². The number of phenols is 1. The van der Waals surface area contributed by atoms with Crippen molar-refractivity contribution in [3.05, 3.63) is 64.2 Å².